The van der Waals surface area contributed by atoms with Crippen molar-refractivity contribution in [3.05, 3.63) is 59.2 Å². The molecule has 0 spiro atoms. The summed E-state index contributed by atoms with van der Waals surface area (Å²) in [5, 5.41) is 3.03. The predicted molar refractivity (Wildman–Crippen MR) is 120 cm³/mol. The average Bonchev–Trinajstić information content (AvgIpc) is 3.17. The second-order valence-electron chi connectivity index (χ2n) is 8.27. The number of aryl methyl sites for hydroxylation is 1. The molecule has 6 heteroatoms. The number of amides is 2. The lowest BCUT2D eigenvalue weighted by molar-refractivity contribution is -0.121. The van der Waals surface area contributed by atoms with Gasteiger partial charge in [-0.15, -0.1) is 0 Å². The Morgan fingerprint density at radius 3 is 2.33 bits per heavy atom. The van der Waals surface area contributed by atoms with Crippen LogP contribution in [0.4, 0.5) is 11.4 Å². The largest absolute Gasteiger partial charge is 0.325 e. The smallest absolute Gasteiger partial charge is 0.241 e. The van der Waals surface area contributed by atoms with E-state index in [0.717, 1.165) is 56.1 Å². The molecule has 1 saturated heterocycles. The van der Waals surface area contributed by atoms with Crippen molar-refractivity contribution in [1.29, 1.82) is 0 Å². The lowest BCUT2D eigenvalue weighted by atomic mass is 10.1. The molecule has 0 aromatic heterocycles. The molecule has 0 aliphatic carbocycles. The van der Waals surface area contributed by atoms with E-state index in [2.05, 4.69) is 21.2 Å². The fourth-order valence-corrected chi connectivity index (χ4v) is 4.26. The normalized spacial score (nSPS) is 17.1. The van der Waals surface area contributed by atoms with Gasteiger partial charge in [0.2, 0.25) is 11.8 Å². The molecule has 158 valence electrons. The highest BCUT2D eigenvalue weighted by Gasteiger charge is 2.27. The van der Waals surface area contributed by atoms with E-state index in [4.69, 9.17) is 0 Å². The van der Waals surface area contributed by atoms with Crippen molar-refractivity contribution in [2.24, 2.45) is 0 Å². The third kappa shape index (κ3) is 4.55. The molecule has 1 fully saturated rings. The maximum Gasteiger partial charge on any atom is 0.241 e. The van der Waals surface area contributed by atoms with Crippen molar-refractivity contribution in [2.75, 3.05) is 56.0 Å². The highest BCUT2D eigenvalue weighted by Crippen LogP contribution is 2.27. The molecule has 2 aromatic rings. The van der Waals surface area contributed by atoms with Crippen molar-refractivity contribution < 1.29 is 9.59 Å². The van der Waals surface area contributed by atoms with Crippen molar-refractivity contribution in [3.8, 4) is 0 Å². The number of piperazine rings is 1. The summed E-state index contributed by atoms with van der Waals surface area (Å²) in [6, 6.07) is 14.1. The zero-order chi connectivity index (χ0) is 21.1. The second kappa shape index (κ2) is 8.98. The first-order chi connectivity index (χ1) is 14.5. The van der Waals surface area contributed by atoms with Gasteiger partial charge in [0.25, 0.3) is 0 Å². The molecule has 1 N–H and O–H groups in total. The van der Waals surface area contributed by atoms with Gasteiger partial charge in [0.05, 0.1) is 13.1 Å². The number of carbonyl (C=O) groups is 2. The van der Waals surface area contributed by atoms with Gasteiger partial charge in [-0.3, -0.25) is 19.4 Å². The molecule has 30 heavy (non-hydrogen) atoms. The van der Waals surface area contributed by atoms with Gasteiger partial charge >= 0.3 is 0 Å². The van der Waals surface area contributed by atoms with Gasteiger partial charge < -0.3 is 10.2 Å². The van der Waals surface area contributed by atoms with Crippen LogP contribution in [0.3, 0.4) is 0 Å². The number of nitrogens with one attached hydrogen (secondary N) is 1. The first-order valence-electron chi connectivity index (χ1n) is 10.7. The fourth-order valence-electron chi connectivity index (χ4n) is 4.26. The van der Waals surface area contributed by atoms with Crippen LogP contribution in [-0.4, -0.2) is 67.4 Å². The van der Waals surface area contributed by atoms with Crippen LogP contribution in [0.2, 0.25) is 0 Å². The molecule has 0 saturated carbocycles. The highest BCUT2D eigenvalue weighted by molar-refractivity contribution is 5.96. The van der Waals surface area contributed by atoms with Gasteiger partial charge in [-0.25, -0.2) is 0 Å². The van der Waals surface area contributed by atoms with Crippen LogP contribution >= 0.6 is 0 Å². The number of carbonyl (C=O) groups excluding carboxylic acids is 2. The highest BCUT2D eigenvalue weighted by atomic mass is 16.2. The third-order valence-electron chi connectivity index (χ3n) is 6.26. The van der Waals surface area contributed by atoms with E-state index >= 15 is 0 Å². The standard InChI is InChI=1S/C24H30N4O2/c1-18-6-5-8-21(19(18)2)25-23(29)16-26-12-14-27(15-13-26)17-24(30)28-11-10-20-7-3-4-9-22(20)28/h3-9H,10-17H2,1-2H3,(H,25,29). The van der Waals surface area contributed by atoms with E-state index in [1.54, 1.807) is 0 Å². The Bertz CT molecular complexity index is 935. The van der Waals surface area contributed by atoms with Gasteiger partial charge in [-0.2, -0.15) is 0 Å². The zero-order valence-electron chi connectivity index (χ0n) is 17.9. The molecule has 2 aliphatic rings. The molecular formula is C24H30N4O2. The van der Waals surface area contributed by atoms with Crippen molar-refractivity contribution in [2.45, 2.75) is 20.3 Å². The Kier molecular flexibility index (Phi) is 6.16. The summed E-state index contributed by atoms with van der Waals surface area (Å²) in [7, 11) is 0. The molecule has 0 radical (unpaired) electrons. The van der Waals surface area contributed by atoms with Crippen molar-refractivity contribution >= 4 is 23.2 Å². The number of nitrogens with zero attached hydrogens (tertiary/aromatic N) is 3. The number of rotatable bonds is 5. The molecule has 0 atom stereocenters. The minimum Gasteiger partial charge on any atom is -0.325 e. The summed E-state index contributed by atoms with van der Waals surface area (Å²) in [5.41, 5.74) is 5.48. The van der Waals surface area contributed by atoms with Gasteiger partial charge in [0, 0.05) is 44.1 Å². The number of hydrogen-bond donors (Lipinski definition) is 1. The molecule has 0 unspecified atom stereocenters. The van der Waals surface area contributed by atoms with Gasteiger partial charge in [-0.1, -0.05) is 30.3 Å². The Balaban J connectivity index is 1.24. The molecule has 4 rings (SSSR count). The number of fused-ring (bicyclic) bond motifs is 1. The topological polar surface area (TPSA) is 55.9 Å². The third-order valence-corrected chi connectivity index (χ3v) is 6.26. The van der Waals surface area contributed by atoms with E-state index in [-0.39, 0.29) is 11.8 Å². The van der Waals surface area contributed by atoms with Crippen LogP contribution in [-0.2, 0) is 16.0 Å². The van der Waals surface area contributed by atoms with E-state index in [9.17, 15) is 9.59 Å². The Hall–Kier alpha value is -2.70. The maximum absolute atomic E-state index is 12.8. The van der Waals surface area contributed by atoms with Gasteiger partial charge in [-0.05, 0) is 49.1 Å². The minimum atomic E-state index is 0.0156. The lowest BCUT2D eigenvalue weighted by Gasteiger charge is -2.34. The van der Waals surface area contributed by atoms with E-state index < -0.39 is 0 Å². The second-order valence-corrected chi connectivity index (χ2v) is 8.27. The van der Waals surface area contributed by atoms with E-state index in [1.807, 2.05) is 55.1 Å². The van der Waals surface area contributed by atoms with Crippen LogP contribution in [0, 0.1) is 13.8 Å². The SMILES string of the molecule is Cc1cccc(NC(=O)CN2CCN(CC(=O)N3CCc4ccccc43)CC2)c1C. The average molecular weight is 407 g/mol. The summed E-state index contributed by atoms with van der Waals surface area (Å²) >= 11 is 0. The van der Waals surface area contributed by atoms with Crippen LogP contribution in [0.5, 0.6) is 0 Å². The first-order valence-corrected chi connectivity index (χ1v) is 10.7. The van der Waals surface area contributed by atoms with Crippen molar-refractivity contribution in [3.63, 3.8) is 0 Å². The Morgan fingerprint density at radius 2 is 1.57 bits per heavy atom. The number of hydrogen-bond acceptors (Lipinski definition) is 4. The molecule has 2 heterocycles. The summed E-state index contributed by atoms with van der Waals surface area (Å²) in [5.74, 6) is 0.183. The number of anilines is 2. The van der Waals surface area contributed by atoms with Crippen molar-refractivity contribution in [1.82, 2.24) is 9.80 Å². The number of benzene rings is 2. The van der Waals surface area contributed by atoms with E-state index in [1.165, 1.54) is 11.1 Å². The summed E-state index contributed by atoms with van der Waals surface area (Å²) in [4.78, 5) is 31.5. The summed E-state index contributed by atoms with van der Waals surface area (Å²) in [6.45, 7) is 8.87. The van der Waals surface area contributed by atoms with E-state index in [0.29, 0.717) is 13.1 Å². The van der Waals surface area contributed by atoms with Crippen LogP contribution in [0.1, 0.15) is 16.7 Å². The fraction of sp³-hybridized carbons (Fsp3) is 0.417. The van der Waals surface area contributed by atoms with Crippen LogP contribution in [0.15, 0.2) is 42.5 Å². The zero-order valence-corrected chi connectivity index (χ0v) is 17.9. The van der Waals surface area contributed by atoms with Crippen LogP contribution < -0.4 is 10.2 Å². The lowest BCUT2D eigenvalue weighted by Crippen LogP contribution is -2.51. The molecule has 2 aromatic carbocycles. The Labute approximate surface area is 178 Å². The molecule has 0 bridgehead atoms. The predicted octanol–water partition coefficient (Wildman–Crippen LogP) is 2.45. The Morgan fingerprint density at radius 1 is 0.867 bits per heavy atom. The first kappa shape index (κ1) is 20.6. The molecule has 2 amide bonds. The summed E-state index contributed by atoms with van der Waals surface area (Å²) in [6.07, 6.45) is 0.936. The van der Waals surface area contributed by atoms with Gasteiger partial charge in [0.15, 0.2) is 0 Å². The quantitative estimate of drug-likeness (QED) is 0.829. The minimum absolute atomic E-state index is 0.0156. The summed E-state index contributed by atoms with van der Waals surface area (Å²) < 4.78 is 0. The number of para-hydroxylation sites is 1. The monoisotopic (exact) mass is 406 g/mol. The van der Waals surface area contributed by atoms with Gasteiger partial charge in [0.1, 0.15) is 0 Å². The molecule has 6 nitrogen and oxygen atoms in total. The van der Waals surface area contributed by atoms with Crippen LogP contribution in [0.25, 0.3) is 0 Å². The molecule has 2 aliphatic heterocycles. The molecular weight excluding hydrogens is 376 g/mol. The maximum atomic E-state index is 12.8.